The van der Waals surface area contributed by atoms with Crippen LogP contribution in [0.15, 0.2) is 6.07 Å². The highest BCUT2D eigenvalue weighted by Crippen LogP contribution is 2.39. The molecule has 1 rings (SSSR count). The number of aromatic nitrogens is 1. The zero-order chi connectivity index (χ0) is 15.0. The fourth-order valence-corrected chi connectivity index (χ4v) is 1.61. The lowest BCUT2D eigenvalue weighted by Crippen LogP contribution is -2.21. The van der Waals surface area contributed by atoms with Crippen LogP contribution in [-0.2, 0) is 6.18 Å². The van der Waals surface area contributed by atoms with E-state index >= 15 is 0 Å². The molecule has 19 heavy (non-hydrogen) atoms. The Morgan fingerprint density at radius 2 is 1.79 bits per heavy atom. The van der Waals surface area contributed by atoms with Gasteiger partial charge < -0.3 is 14.9 Å². The Bertz CT molecular complexity index is 515. The number of pyridine rings is 1. The largest absolute Gasteiger partial charge is 0.575 e. The van der Waals surface area contributed by atoms with Gasteiger partial charge in [-0.15, -0.1) is 13.2 Å². The third kappa shape index (κ3) is 4.07. The van der Waals surface area contributed by atoms with E-state index in [0.29, 0.717) is 0 Å². The van der Waals surface area contributed by atoms with Gasteiger partial charge in [0.1, 0.15) is 9.13 Å². The zero-order valence-corrected chi connectivity index (χ0v) is 10.5. The summed E-state index contributed by atoms with van der Waals surface area (Å²) in [5.74, 6) is -3.07. The molecular formula is C7HF6IN2O3. The molecule has 106 valence electrons. The first-order valence-corrected chi connectivity index (χ1v) is 5.17. The number of hydrogen-bond acceptors (Lipinski definition) is 4. The van der Waals surface area contributed by atoms with Gasteiger partial charge in [0.25, 0.3) is 0 Å². The minimum atomic E-state index is -5.45. The molecule has 0 aliphatic carbocycles. The monoisotopic (exact) mass is 402 g/mol. The molecule has 0 bridgehead atoms. The van der Waals surface area contributed by atoms with Crippen molar-refractivity contribution in [3.8, 4) is 5.88 Å². The number of nitro groups is 1. The Morgan fingerprint density at radius 3 is 2.16 bits per heavy atom. The van der Waals surface area contributed by atoms with Crippen LogP contribution in [-0.4, -0.2) is 16.3 Å². The Hall–Kier alpha value is -1.34. The lowest BCUT2D eigenvalue weighted by atomic mass is 10.2. The topological polar surface area (TPSA) is 65.3 Å². The van der Waals surface area contributed by atoms with Gasteiger partial charge in [0.2, 0.25) is 0 Å². The van der Waals surface area contributed by atoms with Crippen LogP contribution < -0.4 is 4.74 Å². The van der Waals surface area contributed by atoms with E-state index in [4.69, 9.17) is 0 Å². The number of ether oxygens (including phenoxy) is 1. The lowest BCUT2D eigenvalue weighted by Gasteiger charge is -2.11. The predicted octanol–water partition coefficient (Wildman–Crippen LogP) is 3.51. The maximum atomic E-state index is 12.5. The SMILES string of the molecule is O=[N+]([O-])c1nc(OC(F)(F)F)c(C(F)(F)F)cc1I. The van der Waals surface area contributed by atoms with Gasteiger partial charge in [0, 0.05) is 4.98 Å². The molecule has 12 heteroatoms. The molecule has 0 spiro atoms. The summed E-state index contributed by atoms with van der Waals surface area (Å²) in [4.78, 5) is 11.9. The minimum Gasteiger partial charge on any atom is -0.366 e. The van der Waals surface area contributed by atoms with Crippen LogP contribution in [0.5, 0.6) is 5.88 Å². The van der Waals surface area contributed by atoms with E-state index in [1.54, 1.807) is 0 Å². The van der Waals surface area contributed by atoms with Crippen molar-refractivity contribution in [3.63, 3.8) is 0 Å². The van der Waals surface area contributed by atoms with Gasteiger partial charge in [-0.3, -0.25) is 0 Å². The van der Waals surface area contributed by atoms with Crippen LogP contribution in [0.3, 0.4) is 0 Å². The maximum absolute atomic E-state index is 12.5. The highest BCUT2D eigenvalue weighted by molar-refractivity contribution is 14.1. The average Bonchev–Trinajstić information content (AvgIpc) is 2.15. The van der Waals surface area contributed by atoms with Gasteiger partial charge in [0.05, 0.1) is 0 Å². The summed E-state index contributed by atoms with van der Waals surface area (Å²) >= 11 is 1.15. The molecule has 0 radical (unpaired) electrons. The first-order chi connectivity index (χ1) is 8.42. The van der Waals surface area contributed by atoms with Gasteiger partial charge in [-0.1, -0.05) is 0 Å². The van der Waals surface area contributed by atoms with Gasteiger partial charge in [-0.25, -0.2) is 0 Å². The molecule has 0 unspecified atom stereocenters. The first-order valence-electron chi connectivity index (χ1n) is 4.09. The number of alkyl halides is 6. The third-order valence-electron chi connectivity index (χ3n) is 1.61. The van der Waals surface area contributed by atoms with Crippen molar-refractivity contribution in [1.82, 2.24) is 4.98 Å². The molecule has 0 fully saturated rings. The molecule has 1 aromatic heterocycles. The molecular weight excluding hydrogens is 401 g/mol. The van der Waals surface area contributed by atoms with Crippen molar-refractivity contribution in [2.45, 2.75) is 12.5 Å². The van der Waals surface area contributed by atoms with E-state index in [1.165, 1.54) is 0 Å². The van der Waals surface area contributed by atoms with Gasteiger partial charge in [-0.2, -0.15) is 13.2 Å². The first kappa shape index (κ1) is 15.7. The maximum Gasteiger partial charge on any atom is 0.575 e. The molecule has 5 nitrogen and oxygen atoms in total. The summed E-state index contributed by atoms with van der Waals surface area (Å²) in [6.45, 7) is 0. The van der Waals surface area contributed by atoms with E-state index in [0.717, 1.165) is 22.6 Å². The summed E-state index contributed by atoms with van der Waals surface area (Å²) in [5, 5.41) is 10.4. The Kier molecular flexibility index (Phi) is 4.11. The van der Waals surface area contributed by atoms with Crippen LogP contribution >= 0.6 is 22.6 Å². The van der Waals surface area contributed by atoms with Crippen molar-refractivity contribution in [2.24, 2.45) is 0 Å². The predicted molar refractivity (Wildman–Crippen MR) is 55.3 cm³/mol. The van der Waals surface area contributed by atoms with Crippen molar-refractivity contribution in [3.05, 3.63) is 25.3 Å². The van der Waals surface area contributed by atoms with Crippen LogP contribution in [0.4, 0.5) is 32.2 Å². The molecule has 0 saturated carbocycles. The number of rotatable bonds is 2. The molecule has 1 aromatic rings. The highest BCUT2D eigenvalue weighted by atomic mass is 127. The molecule has 0 saturated heterocycles. The summed E-state index contributed by atoms with van der Waals surface area (Å²) in [7, 11) is 0. The van der Waals surface area contributed by atoms with Gasteiger partial charge in [0.15, 0.2) is 0 Å². The average molecular weight is 402 g/mol. The lowest BCUT2D eigenvalue weighted by molar-refractivity contribution is -0.391. The fraction of sp³-hybridized carbons (Fsp3) is 0.286. The fourth-order valence-electron chi connectivity index (χ4n) is 0.981. The number of nitrogens with zero attached hydrogens (tertiary/aromatic N) is 2. The van der Waals surface area contributed by atoms with Crippen molar-refractivity contribution in [1.29, 1.82) is 0 Å². The van der Waals surface area contributed by atoms with Crippen LogP contribution in [0.2, 0.25) is 0 Å². The molecule has 0 N–H and O–H groups in total. The zero-order valence-electron chi connectivity index (χ0n) is 8.34. The Morgan fingerprint density at radius 1 is 1.26 bits per heavy atom. The van der Waals surface area contributed by atoms with Crippen LogP contribution in [0.25, 0.3) is 0 Å². The second-order valence-electron chi connectivity index (χ2n) is 2.95. The van der Waals surface area contributed by atoms with Crippen molar-refractivity contribution < 1.29 is 36.0 Å². The second kappa shape index (κ2) is 4.97. The number of hydrogen-bond donors (Lipinski definition) is 0. The van der Waals surface area contributed by atoms with Crippen molar-refractivity contribution in [2.75, 3.05) is 0 Å². The second-order valence-corrected chi connectivity index (χ2v) is 4.11. The van der Waals surface area contributed by atoms with E-state index in [9.17, 15) is 36.5 Å². The summed E-state index contributed by atoms with van der Waals surface area (Å²) in [5.41, 5.74) is -1.85. The summed E-state index contributed by atoms with van der Waals surface area (Å²) in [6.07, 6.45) is -10.6. The standard InChI is InChI=1S/C7HF6IN2O3/c8-6(9,10)2-1-3(14)4(16(17)18)15-5(2)19-7(11,12)13/h1H. The molecule has 0 amide bonds. The van der Waals surface area contributed by atoms with E-state index in [-0.39, 0.29) is 6.07 Å². The smallest absolute Gasteiger partial charge is 0.366 e. The molecule has 0 atom stereocenters. The Labute approximate surface area is 113 Å². The number of halogens is 7. The van der Waals surface area contributed by atoms with E-state index in [2.05, 4.69) is 9.72 Å². The van der Waals surface area contributed by atoms with Gasteiger partial charge in [-0.05, 0) is 33.6 Å². The normalized spacial score (nSPS) is 12.4. The van der Waals surface area contributed by atoms with Crippen LogP contribution in [0, 0.1) is 13.7 Å². The van der Waals surface area contributed by atoms with Crippen molar-refractivity contribution >= 4 is 28.4 Å². The van der Waals surface area contributed by atoms with E-state index in [1.807, 2.05) is 0 Å². The van der Waals surface area contributed by atoms with E-state index < -0.39 is 38.3 Å². The molecule has 1 heterocycles. The summed E-state index contributed by atoms with van der Waals surface area (Å²) in [6, 6.07) is 0.159. The molecule has 0 aliphatic rings. The quantitative estimate of drug-likeness (QED) is 0.329. The molecule has 0 aromatic carbocycles. The van der Waals surface area contributed by atoms with Gasteiger partial charge >= 0.3 is 24.2 Å². The third-order valence-corrected chi connectivity index (χ3v) is 2.41. The highest BCUT2D eigenvalue weighted by Gasteiger charge is 2.44. The van der Waals surface area contributed by atoms with Crippen LogP contribution in [0.1, 0.15) is 5.56 Å². The molecule has 0 aliphatic heterocycles. The minimum absolute atomic E-state index is 0.159. The summed E-state index contributed by atoms with van der Waals surface area (Å²) < 4.78 is 75.8. The Balaban J connectivity index is 3.46.